The summed E-state index contributed by atoms with van der Waals surface area (Å²) in [4.78, 5) is 20.9. The number of nitrogens with one attached hydrogen (secondary N) is 1. The minimum absolute atomic E-state index is 0.0215. The smallest absolute Gasteiger partial charge is 0.241 e. The van der Waals surface area contributed by atoms with Gasteiger partial charge in [0.05, 0.1) is 23.4 Å². The van der Waals surface area contributed by atoms with Gasteiger partial charge in [-0.25, -0.2) is 0 Å². The summed E-state index contributed by atoms with van der Waals surface area (Å²) in [7, 11) is 0. The number of nitrogens with zero attached hydrogens (tertiary/aromatic N) is 3. The summed E-state index contributed by atoms with van der Waals surface area (Å²) in [5, 5.41) is 9.42. The van der Waals surface area contributed by atoms with E-state index in [1.807, 2.05) is 35.7 Å². The maximum absolute atomic E-state index is 13.1. The molecule has 0 spiro atoms. The van der Waals surface area contributed by atoms with Crippen LogP contribution in [0, 0.1) is 11.8 Å². The monoisotopic (exact) mass is 438 g/mol. The molecule has 1 N–H and O–H groups in total. The molecule has 1 saturated heterocycles. The number of amides is 1. The summed E-state index contributed by atoms with van der Waals surface area (Å²) in [6, 6.07) is 14.3. The predicted octanol–water partition coefficient (Wildman–Crippen LogP) is 4.91. The second-order valence-electron chi connectivity index (χ2n) is 8.66. The van der Waals surface area contributed by atoms with Crippen molar-refractivity contribution < 1.29 is 9.32 Å². The van der Waals surface area contributed by atoms with E-state index in [4.69, 9.17) is 4.52 Å². The third-order valence-electron chi connectivity index (χ3n) is 5.67. The summed E-state index contributed by atoms with van der Waals surface area (Å²) in [5.74, 6) is 1.86. The summed E-state index contributed by atoms with van der Waals surface area (Å²) >= 11 is 1.60. The minimum atomic E-state index is -0.0215. The number of carbonyl (C=O) groups is 1. The highest BCUT2D eigenvalue weighted by molar-refractivity contribution is 7.13. The molecule has 1 aliphatic rings. The number of aromatic nitrogens is 2. The molecule has 7 heteroatoms. The lowest BCUT2D eigenvalue weighted by molar-refractivity contribution is -0.127. The molecule has 31 heavy (non-hydrogen) atoms. The molecule has 0 bridgehead atoms. The van der Waals surface area contributed by atoms with Crippen molar-refractivity contribution in [2.75, 3.05) is 13.1 Å². The average molecular weight is 439 g/mol. The van der Waals surface area contributed by atoms with Crippen molar-refractivity contribution in [2.45, 2.75) is 45.7 Å². The molecule has 2 atom stereocenters. The second-order valence-corrected chi connectivity index (χ2v) is 9.61. The Morgan fingerprint density at radius 2 is 2.10 bits per heavy atom. The molecule has 3 aromatic rings. The Kier molecular flexibility index (Phi) is 7.14. The molecule has 1 aliphatic heterocycles. The highest BCUT2D eigenvalue weighted by atomic mass is 32.1. The van der Waals surface area contributed by atoms with Crippen LogP contribution in [0.25, 0.3) is 10.7 Å². The summed E-state index contributed by atoms with van der Waals surface area (Å²) in [6.07, 6.45) is 2.83. The van der Waals surface area contributed by atoms with Crippen molar-refractivity contribution in [2.24, 2.45) is 11.8 Å². The topological polar surface area (TPSA) is 71.3 Å². The van der Waals surface area contributed by atoms with E-state index < -0.39 is 0 Å². The zero-order valence-corrected chi connectivity index (χ0v) is 19.0. The summed E-state index contributed by atoms with van der Waals surface area (Å²) in [5.41, 5.74) is 1.17. The number of rotatable bonds is 8. The summed E-state index contributed by atoms with van der Waals surface area (Å²) < 4.78 is 5.46. The van der Waals surface area contributed by atoms with E-state index in [0.717, 1.165) is 30.7 Å². The number of carbonyl (C=O) groups excluding carboxylic acids is 1. The van der Waals surface area contributed by atoms with Gasteiger partial charge in [0, 0.05) is 6.54 Å². The first-order chi connectivity index (χ1) is 15.1. The molecule has 164 valence electrons. The number of hydrogen-bond donors (Lipinski definition) is 1. The third-order valence-corrected chi connectivity index (χ3v) is 6.54. The van der Waals surface area contributed by atoms with Gasteiger partial charge in [-0.15, -0.1) is 11.3 Å². The van der Waals surface area contributed by atoms with Crippen LogP contribution in [0.5, 0.6) is 0 Å². The molecular formula is C24H30N4O2S. The van der Waals surface area contributed by atoms with Crippen molar-refractivity contribution in [3.63, 3.8) is 0 Å². The van der Waals surface area contributed by atoms with E-state index in [2.05, 4.69) is 46.3 Å². The van der Waals surface area contributed by atoms with Crippen LogP contribution in [0.3, 0.4) is 0 Å². The van der Waals surface area contributed by atoms with Crippen LogP contribution in [0.1, 0.15) is 50.6 Å². The van der Waals surface area contributed by atoms with Gasteiger partial charge in [0.25, 0.3) is 0 Å². The van der Waals surface area contributed by atoms with Gasteiger partial charge in [0.2, 0.25) is 17.6 Å². The van der Waals surface area contributed by atoms with Crippen LogP contribution in [-0.4, -0.2) is 34.0 Å². The van der Waals surface area contributed by atoms with Crippen molar-refractivity contribution in [1.82, 2.24) is 20.4 Å². The number of thiophene rings is 1. The van der Waals surface area contributed by atoms with Gasteiger partial charge in [0.15, 0.2) is 0 Å². The van der Waals surface area contributed by atoms with Crippen LogP contribution < -0.4 is 5.32 Å². The van der Waals surface area contributed by atoms with Crippen LogP contribution in [-0.2, 0) is 11.3 Å². The molecular weight excluding hydrogens is 408 g/mol. The standard InChI is InChI=1S/C24H30N4O2S/c1-17(2)14-20(18-8-4-3-5-9-18)25-24(29)19-10-6-12-28(15-19)16-22-26-23(27-30-22)21-11-7-13-31-21/h3-5,7-9,11,13,17,19-20H,6,10,12,14-16H2,1-2H3,(H,25,29). The van der Waals surface area contributed by atoms with Gasteiger partial charge in [-0.1, -0.05) is 55.4 Å². The van der Waals surface area contributed by atoms with Crippen LogP contribution in [0.15, 0.2) is 52.4 Å². The largest absolute Gasteiger partial charge is 0.349 e. The van der Waals surface area contributed by atoms with Crippen LogP contribution >= 0.6 is 11.3 Å². The fraction of sp³-hybridized carbons (Fsp3) is 0.458. The highest BCUT2D eigenvalue weighted by Gasteiger charge is 2.28. The lowest BCUT2D eigenvalue weighted by Crippen LogP contribution is -2.43. The Labute approximate surface area is 187 Å². The first-order valence-corrected chi connectivity index (χ1v) is 11.9. The second kappa shape index (κ2) is 10.2. The number of piperidine rings is 1. The van der Waals surface area contributed by atoms with Gasteiger partial charge >= 0.3 is 0 Å². The van der Waals surface area contributed by atoms with Crippen LogP contribution in [0.4, 0.5) is 0 Å². The zero-order valence-electron chi connectivity index (χ0n) is 18.2. The number of hydrogen-bond acceptors (Lipinski definition) is 6. The first-order valence-electron chi connectivity index (χ1n) is 11.0. The van der Waals surface area contributed by atoms with Gasteiger partial charge in [-0.2, -0.15) is 4.98 Å². The summed E-state index contributed by atoms with van der Waals surface area (Å²) in [6.45, 7) is 6.62. The SMILES string of the molecule is CC(C)CC(NC(=O)C1CCCN(Cc2nc(-c3cccs3)no2)C1)c1ccccc1. The van der Waals surface area contributed by atoms with Gasteiger partial charge in [0.1, 0.15) is 0 Å². The van der Waals surface area contributed by atoms with E-state index in [0.29, 0.717) is 30.7 Å². The highest BCUT2D eigenvalue weighted by Crippen LogP contribution is 2.25. The molecule has 3 heterocycles. The molecule has 1 aromatic carbocycles. The lowest BCUT2D eigenvalue weighted by atomic mass is 9.93. The molecule has 0 saturated carbocycles. The van der Waals surface area contributed by atoms with E-state index in [-0.39, 0.29) is 17.9 Å². The van der Waals surface area contributed by atoms with Gasteiger partial charge < -0.3 is 9.84 Å². The quantitative estimate of drug-likeness (QED) is 0.541. The maximum Gasteiger partial charge on any atom is 0.241 e. The Morgan fingerprint density at radius 1 is 1.26 bits per heavy atom. The lowest BCUT2D eigenvalue weighted by Gasteiger charge is -2.32. The Bertz CT molecular complexity index is 955. The molecule has 1 amide bonds. The van der Waals surface area contributed by atoms with Gasteiger partial charge in [-0.3, -0.25) is 9.69 Å². The number of benzene rings is 1. The normalized spacial score (nSPS) is 18.2. The van der Waals surface area contributed by atoms with Crippen molar-refractivity contribution >= 4 is 17.2 Å². The van der Waals surface area contributed by atoms with Crippen molar-refractivity contribution in [3.8, 4) is 10.7 Å². The zero-order chi connectivity index (χ0) is 21.6. The molecule has 2 aromatic heterocycles. The predicted molar refractivity (Wildman–Crippen MR) is 122 cm³/mol. The number of likely N-dealkylation sites (tertiary alicyclic amines) is 1. The molecule has 2 unspecified atom stereocenters. The van der Waals surface area contributed by atoms with Crippen molar-refractivity contribution in [3.05, 3.63) is 59.3 Å². The molecule has 6 nitrogen and oxygen atoms in total. The molecule has 0 radical (unpaired) electrons. The Balaban J connectivity index is 1.36. The first kappa shape index (κ1) is 21.7. The fourth-order valence-corrected chi connectivity index (χ4v) is 4.80. The Hall–Kier alpha value is -2.51. The van der Waals surface area contributed by atoms with E-state index in [1.165, 1.54) is 5.56 Å². The molecule has 1 fully saturated rings. The van der Waals surface area contributed by atoms with Gasteiger partial charge in [-0.05, 0) is 48.7 Å². The fourth-order valence-electron chi connectivity index (χ4n) is 4.15. The van der Waals surface area contributed by atoms with E-state index in [9.17, 15) is 4.79 Å². The molecule has 4 rings (SSSR count). The molecule has 0 aliphatic carbocycles. The van der Waals surface area contributed by atoms with E-state index >= 15 is 0 Å². The third kappa shape index (κ3) is 5.80. The average Bonchev–Trinajstić information content (AvgIpc) is 3.46. The maximum atomic E-state index is 13.1. The Morgan fingerprint density at radius 3 is 2.84 bits per heavy atom. The van der Waals surface area contributed by atoms with Crippen molar-refractivity contribution in [1.29, 1.82) is 0 Å². The minimum Gasteiger partial charge on any atom is -0.349 e. The van der Waals surface area contributed by atoms with Crippen LogP contribution in [0.2, 0.25) is 0 Å². The van der Waals surface area contributed by atoms with E-state index in [1.54, 1.807) is 11.3 Å².